The zero-order chi connectivity index (χ0) is 27.4. The molecule has 3 heterocycles. The fourth-order valence-corrected chi connectivity index (χ4v) is 5.53. The zero-order valence-corrected chi connectivity index (χ0v) is 22.9. The third-order valence-electron chi connectivity index (χ3n) is 5.62. The van der Waals surface area contributed by atoms with Gasteiger partial charge in [-0.2, -0.15) is 0 Å². The van der Waals surface area contributed by atoms with Crippen molar-refractivity contribution < 1.29 is 18.0 Å². The van der Waals surface area contributed by atoms with Gasteiger partial charge in [0.1, 0.15) is 12.0 Å². The molecule has 0 atom stereocenters. The van der Waals surface area contributed by atoms with Crippen molar-refractivity contribution in [3.8, 4) is 22.8 Å². The Morgan fingerprint density at radius 2 is 1.68 bits per heavy atom. The predicted octanol–water partition coefficient (Wildman–Crippen LogP) is 3.83. The van der Waals surface area contributed by atoms with E-state index < -0.39 is 26.9 Å². The van der Waals surface area contributed by atoms with Crippen LogP contribution in [0.25, 0.3) is 22.8 Å². The summed E-state index contributed by atoms with van der Waals surface area (Å²) >= 11 is 1.23. The van der Waals surface area contributed by atoms with E-state index in [1.165, 1.54) is 29.8 Å². The van der Waals surface area contributed by atoms with Gasteiger partial charge in [0.25, 0.3) is 5.91 Å². The number of sulfone groups is 1. The number of hydrogen-bond acceptors (Lipinski definition) is 9. The van der Waals surface area contributed by atoms with Gasteiger partial charge in [-0.25, -0.2) is 28.4 Å². The van der Waals surface area contributed by atoms with E-state index in [0.717, 1.165) is 5.69 Å². The van der Waals surface area contributed by atoms with Crippen LogP contribution in [-0.2, 0) is 14.6 Å². The van der Waals surface area contributed by atoms with Crippen molar-refractivity contribution in [2.75, 3.05) is 11.9 Å². The van der Waals surface area contributed by atoms with Gasteiger partial charge < -0.3 is 10.6 Å². The molecule has 0 fully saturated rings. The molecule has 38 heavy (non-hydrogen) atoms. The van der Waals surface area contributed by atoms with E-state index in [1.807, 2.05) is 31.2 Å². The average Bonchev–Trinajstić information content (AvgIpc) is 3.36. The Balaban J connectivity index is 1.39. The molecular formula is C26H26N6O4S2. The second kappa shape index (κ2) is 11.2. The molecule has 0 saturated carbocycles. The van der Waals surface area contributed by atoms with E-state index in [4.69, 9.17) is 0 Å². The lowest BCUT2D eigenvalue weighted by Gasteiger charge is -2.12. The minimum atomic E-state index is -3.55. The highest BCUT2D eigenvalue weighted by molar-refractivity contribution is 7.92. The van der Waals surface area contributed by atoms with Crippen LogP contribution in [0.4, 0.5) is 5.13 Å². The molecule has 4 rings (SSSR count). The van der Waals surface area contributed by atoms with Crippen LogP contribution in [0.3, 0.4) is 0 Å². The second-order valence-corrected chi connectivity index (χ2v) is 12.1. The standard InChI is InChI=1S/C26H26N6O4S2/c1-15(2)38(35,36)23-11-18(9-8-16(23)3)25(34)27-12-24(33)32-26-31-22(13-37-26)20-7-5-6-19(30-20)21-10-17(4)28-14-29-21/h5-11,13-15H,12H2,1-4H3,(H,27,34)(H,31,32,33). The van der Waals surface area contributed by atoms with Crippen LogP contribution in [0.2, 0.25) is 0 Å². The van der Waals surface area contributed by atoms with Crippen molar-refractivity contribution in [3.63, 3.8) is 0 Å². The van der Waals surface area contributed by atoms with Gasteiger partial charge in [-0.3, -0.25) is 9.59 Å². The first kappa shape index (κ1) is 27.0. The number of benzene rings is 1. The van der Waals surface area contributed by atoms with Gasteiger partial charge in [-0.1, -0.05) is 12.1 Å². The van der Waals surface area contributed by atoms with E-state index >= 15 is 0 Å². The van der Waals surface area contributed by atoms with Crippen molar-refractivity contribution in [2.24, 2.45) is 0 Å². The van der Waals surface area contributed by atoms with Gasteiger partial charge in [-0.05, 0) is 63.6 Å². The first-order chi connectivity index (χ1) is 18.0. The lowest BCUT2D eigenvalue weighted by molar-refractivity contribution is -0.115. The van der Waals surface area contributed by atoms with Gasteiger partial charge in [0, 0.05) is 16.6 Å². The van der Waals surface area contributed by atoms with Crippen LogP contribution in [0.5, 0.6) is 0 Å². The predicted molar refractivity (Wildman–Crippen MR) is 146 cm³/mol. The molecule has 2 N–H and O–H groups in total. The first-order valence-corrected chi connectivity index (χ1v) is 14.1. The molecule has 196 valence electrons. The number of amides is 2. The molecule has 0 radical (unpaired) electrons. The molecule has 0 bridgehead atoms. The molecule has 0 unspecified atom stereocenters. The summed E-state index contributed by atoms with van der Waals surface area (Å²) < 4.78 is 25.2. The lowest BCUT2D eigenvalue weighted by Crippen LogP contribution is -2.33. The Labute approximate surface area is 224 Å². The summed E-state index contributed by atoms with van der Waals surface area (Å²) in [6.07, 6.45) is 1.49. The molecule has 0 saturated heterocycles. The summed E-state index contributed by atoms with van der Waals surface area (Å²) in [5, 5.41) is 6.69. The summed E-state index contributed by atoms with van der Waals surface area (Å²) in [7, 11) is -3.55. The van der Waals surface area contributed by atoms with Crippen LogP contribution in [-0.4, -0.2) is 52.0 Å². The number of anilines is 1. The lowest BCUT2D eigenvalue weighted by atomic mass is 10.1. The molecule has 0 aliphatic carbocycles. The van der Waals surface area contributed by atoms with Crippen molar-refractivity contribution in [3.05, 3.63) is 71.0 Å². The highest BCUT2D eigenvalue weighted by Gasteiger charge is 2.23. The molecule has 0 aliphatic heterocycles. The maximum atomic E-state index is 12.6. The van der Waals surface area contributed by atoms with Gasteiger partial charge in [0.05, 0.1) is 33.8 Å². The van der Waals surface area contributed by atoms with E-state index in [0.29, 0.717) is 33.5 Å². The Hall–Kier alpha value is -4.03. The van der Waals surface area contributed by atoms with Crippen LogP contribution in [0, 0.1) is 13.8 Å². The van der Waals surface area contributed by atoms with E-state index in [1.54, 1.807) is 32.2 Å². The van der Waals surface area contributed by atoms with Crippen LogP contribution >= 0.6 is 11.3 Å². The van der Waals surface area contributed by atoms with Gasteiger partial charge in [-0.15, -0.1) is 11.3 Å². The number of rotatable bonds is 8. The normalized spacial score (nSPS) is 11.4. The molecule has 1 aromatic carbocycles. The fraction of sp³-hybridized carbons (Fsp3) is 0.231. The molecule has 3 aromatic heterocycles. The minimum Gasteiger partial charge on any atom is -0.343 e. The third-order valence-corrected chi connectivity index (χ3v) is 8.67. The molecule has 4 aromatic rings. The highest BCUT2D eigenvalue weighted by atomic mass is 32.2. The Bertz CT molecular complexity index is 1620. The molecule has 12 heteroatoms. The van der Waals surface area contributed by atoms with E-state index in [2.05, 4.69) is 30.6 Å². The summed E-state index contributed by atoms with van der Waals surface area (Å²) in [4.78, 5) is 42.6. The Kier molecular flexibility index (Phi) is 7.93. The van der Waals surface area contributed by atoms with Gasteiger partial charge >= 0.3 is 0 Å². The number of aryl methyl sites for hydroxylation is 2. The topological polar surface area (TPSA) is 144 Å². The van der Waals surface area contributed by atoms with Crippen LogP contribution in [0.15, 0.2) is 59.1 Å². The number of hydrogen-bond donors (Lipinski definition) is 2. The molecule has 0 aliphatic rings. The number of carbonyl (C=O) groups excluding carboxylic acids is 2. The van der Waals surface area contributed by atoms with E-state index in [-0.39, 0.29) is 17.0 Å². The quantitative estimate of drug-likeness (QED) is 0.337. The van der Waals surface area contributed by atoms with Crippen molar-refractivity contribution in [1.29, 1.82) is 0 Å². The Morgan fingerprint density at radius 1 is 0.947 bits per heavy atom. The number of thiazole rings is 1. The van der Waals surface area contributed by atoms with Crippen molar-refractivity contribution >= 4 is 38.1 Å². The van der Waals surface area contributed by atoms with Crippen LogP contribution in [0.1, 0.15) is 35.5 Å². The molecule has 2 amide bonds. The first-order valence-electron chi connectivity index (χ1n) is 11.7. The number of aromatic nitrogens is 4. The molecular weight excluding hydrogens is 524 g/mol. The monoisotopic (exact) mass is 550 g/mol. The third kappa shape index (κ3) is 6.09. The van der Waals surface area contributed by atoms with Crippen LogP contribution < -0.4 is 10.6 Å². The number of nitrogens with one attached hydrogen (secondary N) is 2. The summed E-state index contributed by atoms with van der Waals surface area (Å²) in [6, 6.07) is 11.8. The zero-order valence-electron chi connectivity index (χ0n) is 21.2. The minimum absolute atomic E-state index is 0.104. The van der Waals surface area contributed by atoms with E-state index in [9.17, 15) is 18.0 Å². The average molecular weight is 551 g/mol. The maximum absolute atomic E-state index is 12.6. The molecule has 10 nitrogen and oxygen atoms in total. The SMILES string of the molecule is Cc1cc(-c2cccc(-c3csc(NC(=O)CNC(=O)c4ccc(C)c(S(=O)(=O)C(C)C)c4)n3)n2)ncn1. The smallest absolute Gasteiger partial charge is 0.251 e. The van der Waals surface area contributed by atoms with Gasteiger partial charge in [0.2, 0.25) is 5.91 Å². The summed E-state index contributed by atoms with van der Waals surface area (Å²) in [6.45, 7) is 6.41. The second-order valence-electron chi connectivity index (χ2n) is 8.80. The molecule has 0 spiro atoms. The fourth-order valence-electron chi connectivity index (χ4n) is 3.49. The number of carbonyl (C=O) groups is 2. The van der Waals surface area contributed by atoms with Crippen molar-refractivity contribution in [2.45, 2.75) is 37.8 Å². The number of pyridine rings is 1. The van der Waals surface area contributed by atoms with Crippen molar-refractivity contribution in [1.82, 2.24) is 25.3 Å². The largest absolute Gasteiger partial charge is 0.343 e. The Morgan fingerprint density at radius 3 is 2.39 bits per heavy atom. The number of nitrogens with zero attached hydrogens (tertiary/aromatic N) is 4. The highest BCUT2D eigenvalue weighted by Crippen LogP contribution is 2.26. The maximum Gasteiger partial charge on any atom is 0.251 e. The summed E-state index contributed by atoms with van der Waals surface area (Å²) in [5.74, 6) is -1.03. The summed E-state index contributed by atoms with van der Waals surface area (Å²) in [5.41, 5.74) is 4.12. The van der Waals surface area contributed by atoms with Gasteiger partial charge in [0.15, 0.2) is 15.0 Å².